The molecule has 0 heterocycles. The first-order valence-electron chi connectivity index (χ1n) is 8.33. The standard InChI is InChI=1S/C19H28N2O/c1-19(2,3)16-10-12-17(13-11-16)20-21-18(22)14-9-15-7-5-4-6-8-15/h4-8,16H,9-14H2,1-3H3,(H,21,22). The molecule has 0 radical (unpaired) electrons. The third kappa shape index (κ3) is 5.28. The maximum Gasteiger partial charge on any atom is 0.240 e. The van der Waals surface area contributed by atoms with Crippen LogP contribution in [0.4, 0.5) is 0 Å². The van der Waals surface area contributed by atoms with Crippen LogP contribution < -0.4 is 5.43 Å². The maximum absolute atomic E-state index is 11.9. The summed E-state index contributed by atoms with van der Waals surface area (Å²) in [4.78, 5) is 11.9. The molecule has 0 saturated heterocycles. The molecular formula is C19H28N2O. The Morgan fingerprint density at radius 1 is 1.18 bits per heavy atom. The van der Waals surface area contributed by atoms with Gasteiger partial charge in [0, 0.05) is 12.1 Å². The van der Waals surface area contributed by atoms with Crippen molar-refractivity contribution in [2.45, 2.75) is 59.3 Å². The molecule has 22 heavy (non-hydrogen) atoms. The van der Waals surface area contributed by atoms with Crippen LogP contribution in [0, 0.1) is 11.3 Å². The van der Waals surface area contributed by atoms with E-state index in [1.807, 2.05) is 30.3 Å². The summed E-state index contributed by atoms with van der Waals surface area (Å²) in [5, 5.41) is 4.33. The van der Waals surface area contributed by atoms with E-state index in [0.29, 0.717) is 11.8 Å². The van der Waals surface area contributed by atoms with Gasteiger partial charge in [0.05, 0.1) is 0 Å². The molecule has 0 spiro atoms. The monoisotopic (exact) mass is 300 g/mol. The second-order valence-corrected chi connectivity index (χ2v) is 7.34. The van der Waals surface area contributed by atoms with Gasteiger partial charge in [-0.3, -0.25) is 4.79 Å². The molecule has 0 atom stereocenters. The average Bonchev–Trinajstić information content (AvgIpc) is 2.51. The van der Waals surface area contributed by atoms with Crippen LogP contribution in [0.25, 0.3) is 0 Å². The first kappa shape index (κ1) is 16.7. The van der Waals surface area contributed by atoms with Crippen molar-refractivity contribution in [1.82, 2.24) is 5.43 Å². The molecule has 0 unspecified atom stereocenters. The van der Waals surface area contributed by atoms with Crippen LogP contribution in [0.2, 0.25) is 0 Å². The minimum Gasteiger partial charge on any atom is -0.273 e. The zero-order chi connectivity index (χ0) is 16.0. The number of hydrogen-bond donors (Lipinski definition) is 1. The Kier molecular flexibility index (Phi) is 5.76. The van der Waals surface area contributed by atoms with Crippen LogP contribution in [0.15, 0.2) is 35.4 Å². The second-order valence-electron chi connectivity index (χ2n) is 7.34. The molecular weight excluding hydrogens is 272 g/mol. The van der Waals surface area contributed by atoms with Crippen molar-refractivity contribution in [2.24, 2.45) is 16.4 Å². The van der Waals surface area contributed by atoms with Gasteiger partial charge in [-0.2, -0.15) is 5.10 Å². The van der Waals surface area contributed by atoms with Crippen molar-refractivity contribution < 1.29 is 4.79 Å². The smallest absolute Gasteiger partial charge is 0.240 e. The normalized spacial score (nSPS) is 18.9. The molecule has 3 nitrogen and oxygen atoms in total. The van der Waals surface area contributed by atoms with E-state index in [0.717, 1.165) is 30.9 Å². The van der Waals surface area contributed by atoms with Gasteiger partial charge in [-0.25, -0.2) is 5.43 Å². The van der Waals surface area contributed by atoms with E-state index in [-0.39, 0.29) is 5.91 Å². The Bertz CT molecular complexity index is 504. The van der Waals surface area contributed by atoms with E-state index >= 15 is 0 Å². The molecule has 1 aromatic carbocycles. The molecule has 0 aromatic heterocycles. The van der Waals surface area contributed by atoms with E-state index in [4.69, 9.17) is 0 Å². The van der Waals surface area contributed by atoms with Crippen molar-refractivity contribution in [2.75, 3.05) is 0 Å². The van der Waals surface area contributed by atoms with Crippen molar-refractivity contribution in [3.63, 3.8) is 0 Å². The Hall–Kier alpha value is -1.64. The Morgan fingerprint density at radius 3 is 2.41 bits per heavy atom. The van der Waals surface area contributed by atoms with Gasteiger partial charge >= 0.3 is 0 Å². The van der Waals surface area contributed by atoms with Crippen LogP contribution >= 0.6 is 0 Å². The van der Waals surface area contributed by atoms with Gasteiger partial charge < -0.3 is 0 Å². The molecule has 0 aliphatic heterocycles. The van der Waals surface area contributed by atoms with Gasteiger partial charge in [-0.05, 0) is 49.0 Å². The number of rotatable bonds is 4. The fourth-order valence-corrected chi connectivity index (χ4v) is 3.03. The van der Waals surface area contributed by atoms with E-state index in [1.165, 1.54) is 18.4 Å². The van der Waals surface area contributed by atoms with Gasteiger partial charge in [0.1, 0.15) is 0 Å². The lowest BCUT2D eigenvalue weighted by Crippen LogP contribution is -2.27. The first-order chi connectivity index (χ1) is 10.4. The third-order valence-corrected chi connectivity index (χ3v) is 4.61. The van der Waals surface area contributed by atoms with Gasteiger partial charge in [0.15, 0.2) is 0 Å². The predicted molar refractivity (Wildman–Crippen MR) is 91.8 cm³/mol. The number of nitrogens with zero attached hydrogens (tertiary/aromatic N) is 1. The number of hydrazone groups is 1. The zero-order valence-electron chi connectivity index (χ0n) is 14.1. The quantitative estimate of drug-likeness (QED) is 0.826. The molecule has 1 saturated carbocycles. The second kappa shape index (κ2) is 7.57. The van der Waals surface area contributed by atoms with Gasteiger partial charge in [-0.15, -0.1) is 0 Å². The van der Waals surface area contributed by atoms with Gasteiger partial charge in [0.2, 0.25) is 5.91 Å². The maximum atomic E-state index is 11.9. The van der Waals surface area contributed by atoms with E-state index in [1.54, 1.807) is 0 Å². The number of hydrogen-bond acceptors (Lipinski definition) is 2. The molecule has 1 aromatic rings. The number of carbonyl (C=O) groups excluding carboxylic acids is 1. The van der Waals surface area contributed by atoms with Crippen LogP contribution in [-0.4, -0.2) is 11.6 Å². The topological polar surface area (TPSA) is 41.5 Å². The molecule has 1 aliphatic carbocycles. The summed E-state index contributed by atoms with van der Waals surface area (Å²) in [5.74, 6) is 0.773. The molecule has 1 fully saturated rings. The summed E-state index contributed by atoms with van der Waals surface area (Å²) in [6, 6.07) is 10.1. The summed E-state index contributed by atoms with van der Waals surface area (Å²) in [7, 11) is 0. The number of carbonyl (C=O) groups is 1. The van der Waals surface area contributed by atoms with Crippen molar-refractivity contribution in [1.29, 1.82) is 0 Å². The average molecular weight is 300 g/mol. The zero-order valence-corrected chi connectivity index (χ0v) is 14.1. The highest BCUT2D eigenvalue weighted by Gasteiger charge is 2.28. The number of aryl methyl sites for hydroxylation is 1. The Labute approximate surface area is 134 Å². The van der Waals surface area contributed by atoms with Gasteiger partial charge in [-0.1, -0.05) is 51.1 Å². The highest BCUT2D eigenvalue weighted by Crippen LogP contribution is 2.36. The summed E-state index contributed by atoms with van der Waals surface area (Å²) in [5.41, 5.74) is 5.44. The fourth-order valence-electron chi connectivity index (χ4n) is 3.03. The van der Waals surface area contributed by atoms with Crippen LogP contribution in [0.1, 0.15) is 58.4 Å². The summed E-state index contributed by atoms with van der Waals surface area (Å²) < 4.78 is 0. The predicted octanol–water partition coefficient (Wildman–Crippen LogP) is 4.33. The van der Waals surface area contributed by atoms with E-state index < -0.39 is 0 Å². The van der Waals surface area contributed by atoms with E-state index in [2.05, 4.69) is 31.3 Å². The van der Waals surface area contributed by atoms with Crippen molar-refractivity contribution in [3.8, 4) is 0 Å². The minimum absolute atomic E-state index is 0.00861. The SMILES string of the molecule is CC(C)(C)C1CCC(=NNC(=O)CCc2ccccc2)CC1. The number of benzene rings is 1. The lowest BCUT2D eigenvalue weighted by Gasteiger charge is -2.34. The van der Waals surface area contributed by atoms with Crippen LogP contribution in [-0.2, 0) is 11.2 Å². The first-order valence-corrected chi connectivity index (χ1v) is 8.33. The van der Waals surface area contributed by atoms with Crippen LogP contribution in [0.3, 0.4) is 0 Å². The number of amides is 1. The molecule has 0 bridgehead atoms. The largest absolute Gasteiger partial charge is 0.273 e. The molecule has 1 N–H and O–H groups in total. The fraction of sp³-hybridized carbons (Fsp3) is 0.579. The number of nitrogens with one attached hydrogen (secondary N) is 1. The van der Waals surface area contributed by atoms with Crippen molar-refractivity contribution in [3.05, 3.63) is 35.9 Å². The van der Waals surface area contributed by atoms with Gasteiger partial charge in [0.25, 0.3) is 0 Å². The molecule has 2 rings (SSSR count). The summed E-state index contributed by atoms with van der Waals surface area (Å²) >= 11 is 0. The Morgan fingerprint density at radius 2 is 1.82 bits per heavy atom. The molecule has 3 heteroatoms. The third-order valence-electron chi connectivity index (χ3n) is 4.61. The minimum atomic E-state index is 0.00861. The Balaban J connectivity index is 1.72. The molecule has 1 amide bonds. The lowest BCUT2D eigenvalue weighted by atomic mass is 9.72. The molecule has 1 aliphatic rings. The molecule has 120 valence electrons. The highest BCUT2D eigenvalue weighted by molar-refractivity contribution is 5.87. The van der Waals surface area contributed by atoms with Crippen LogP contribution in [0.5, 0.6) is 0 Å². The highest BCUT2D eigenvalue weighted by atomic mass is 16.2. The lowest BCUT2D eigenvalue weighted by molar-refractivity contribution is -0.121. The van der Waals surface area contributed by atoms with Crippen molar-refractivity contribution >= 4 is 11.6 Å². The summed E-state index contributed by atoms with van der Waals surface area (Å²) in [6.45, 7) is 6.93. The summed E-state index contributed by atoms with van der Waals surface area (Å²) in [6.07, 6.45) is 5.65. The van der Waals surface area contributed by atoms with E-state index in [9.17, 15) is 4.79 Å².